The van der Waals surface area contributed by atoms with Crippen molar-refractivity contribution in [1.29, 1.82) is 0 Å². The van der Waals surface area contributed by atoms with Crippen LogP contribution >= 0.6 is 34.5 Å². The summed E-state index contributed by atoms with van der Waals surface area (Å²) in [6.45, 7) is 0. The first-order valence-electron chi connectivity index (χ1n) is 8.54. The Balaban J connectivity index is 0.00000256. The van der Waals surface area contributed by atoms with Crippen molar-refractivity contribution >= 4 is 81.0 Å². The number of nitrogens with one attached hydrogen (secondary N) is 1. The number of benzene rings is 3. The molecule has 0 saturated carbocycles. The molecule has 0 saturated heterocycles. The predicted octanol–water partition coefficient (Wildman–Crippen LogP) is 6.18. The van der Waals surface area contributed by atoms with Gasteiger partial charge in [-0.1, -0.05) is 47.5 Å². The molecule has 0 spiro atoms. The Morgan fingerprint density at radius 3 is 2.43 bits per heavy atom. The summed E-state index contributed by atoms with van der Waals surface area (Å²) in [6.07, 6.45) is 0. The van der Waals surface area contributed by atoms with Gasteiger partial charge in [-0.05, 0) is 47.3 Å². The molecule has 8 heteroatoms. The quantitative estimate of drug-likeness (QED) is 0.365. The normalized spacial score (nSPS) is 10.5. The van der Waals surface area contributed by atoms with Gasteiger partial charge >= 0.3 is 24.8 Å². The van der Waals surface area contributed by atoms with Gasteiger partial charge in [0.15, 0.2) is 0 Å². The second-order valence-corrected chi connectivity index (χ2v) is 8.04. The summed E-state index contributed by atoms with van der Waals surface area (Å²) in [7, 11) is 0. The molecule has 4 nitrogen and oxygen atoms in total. The molecule has 4 aromatic rings. The third-order valence-corrected chi connectivity index (χ3v) is 5.98. The van der Waals surface area contributed by atoms with E-state index in [1.54, 1.807) is 35.6 Å². The molecular weight excluding hydrogens is 436 g/mol. The molecule has 3 aromatic carbocycles. The first kappa shape index (κ1) is 22.4. The van der Waals surface area contributed by atoms with Crippen molar-refractivity contribution in [1.82, 2.24) is 0 Å². The van der Waals surface area contributed by atoms with Crippen LogP contribution in [0.5, 0.6) is 0 Å². The minimum atomic E-state index is -1.14. The molecule has 0 atom stereocenters. The summed E-state index contributed by atoms with van der Waals surface area (Å²) < 4.78 is 1.12. The van der Waals surface area contributed by atoms with Gasteiger partial charge in [-0.15, -0.1) is 11.3 Å². The van der Waals surface area contributed by atoms with Crippen molar-refractivity contribution in [2.75, 3.05) is 5.32 Å². The Morgan fingerprint density at radius 2 is 1.70 bits per heavy atom. The van der Waals surface area contributed by atoms with Gasteiger partial charge < -0.3 is 10.4 Å². The van der Waals surface area contributed by atoms with E-state index in [1.807, 2.05) is 29.6 Å². The number of hydrogen-bond acceptors (Lipinski definition) is 3. The number of carbonyl (C=O) groups excluding carboxylic acids is 1. The van der Waals surface area contributed by atoms with Crippen LogP contribution in [0.4, 0.5) is 5.69 Å². The van der Waals surface area contributed by atoms with Crippen LogP contribution in [0.2, 0.25) is 10.0 Å². The van der Waals surface area contributed by atoms with Crippen molar-refractivity contribution in [3.8, 4) is 11.1 Å². The second-order valence-electron chi connectivity index (χ2n) is 6.29. The Hall–Kier alpha value is -2.26. The number of anilines is 1. The van der Waals surface area contributed by atoms with Gasteiger partial charge in [0.05, 0.1) is 21.8 Å². The Kier molecular flexibility index (Phi) is 6.92. The molecule has 0 unspecified atom stereocenters. The fraction of sp³-hybridized carbons (Fsp3) is 0. The van der Waals surface area contributed by atoms with Crippen LogP contribution in [0.3, 0.4) is 0 Å². The van der Waals surface area contributed by atoms with Gasteiger partial charge in [0.2, 0.25) is 0 Å². The van der Waals surface area contributed by atoms with E-state index in [-0.39, 0.29) is 40.7 Å². The molecule has 1 heterocycles. The van der Waals surface area contributed by atoms with Crippen LogP contribution < -0.4 is 5.32 Å². The van der Waals surface area contributed by atoms with E-state index in [2.05, 4.69) is 5.32 Å². The molecule has 0 aliphatic rings. The summed E-state index contributed by atoms with van der Waals surface area (Å²) >= 11 is 13.5. The molecule has 30 heavy (non-hydrogen) atoms. The summed E-state index contributed by atoms with van der Waals surface area (Å²) in [4.78, 5) is 24.4. The van der Waals surface area contributed by atoms with Gasteiger partial charge in [-0.3, -0.25) is 4.79 Å². The second kappa shape index (κ2) is 9.26. The Labute approximate surface area is 198 Å². The van der Waals surface area contributed by atoms with E-state index < -0.39 is 11.9 Å². The van der Waals surface area contributed by atoms with Crippen LogP contribution in [0, 0.1) is 0 Å². The predicted molar refractivity (Wildman–Crippen MR) is 126 cm³/mol. The maximum atomic E-state index is 12.6. The monoisotopic (exact) mass is 449 g/mol. The van der Waals surface area contributed by atoms with Crippen molar-refractivity contribution in [3.63, 3.8) is 0 Å². The van der Waals surface area contributed by atoms with E-state index in [4.69, 9.17) is 23.2 Å². The number of fused-ring (bicyclic) bond motifs is 1. The number of aromatic carboxylic acids is 1. The van der Waals surface area contributed by atoms with E-state index in [9.17, 15) is 14.7 Å². The molecule has 0 aliphatic carbocycles. The van der Waals surface area contributed by atoms with Gasteiger partial charge in [-0.2, -0.15) is 0 Å². The first-order chi connectivity index (χ1) is 13.9. The molecule has 1 amide bonds. The number of thiophene rings is 1. The number of rotatable bonds is 4. The third kappa shape index (κ3) is 4.41. The Bertz CT molecular complexity index is 1270. The molecule has 1 aromatic heterocycles. The molecule has 146 valence electrons. The summed E-state index contributed by atoms with van der Waals surface area (Å²) in [5, 5.41) is 16.0. The molecule has 4 rings (SSSR count). The molecule has 0 aliphatic heterocycles. The standard InChI is InChI=1S/C22H13Cl2NO3S.Li.H/c23-13-6-7-15(18(24)10-13)21(26)25-19-8-5-12(9-16(19)22(27)28)17-11-29-20-4-2-1-3-14(17)20;;/h1-11H,(H,25,26)(H,27,28);;. The minimum absolute atomic E-state index is 0. The molecular formula is C22H14Cl2LiNO3S. The zero-order valence-electron chi connectivity index (χ0n) is 14.8. The van der Waals surface area contributed by atoms with Crippen molar-refractivity contribution in [2.45, 2.75) is 0 Å². The van der Waals surface area contributed by atoms with E-state index in [1.165, 1.54) is 12.1 Å². The molecule has 0 radical (unpaired) electrons. The topological polar surface area (TPSA) is 66.4 Å². The van der Waals surface area contributed by atoms with E-state index in [0.29, 0.717) is 5.02 Å². The van der Waals surface area contributed by atoms with Crippen LogP contribution in [-0.2, 0) is 0 Å². The number of halogens is 2. The average Bonchev–Trinajstić information content (AvgIpc) is 3.12. The zero-order chi connectivity index (χ0) is 20.5. The van der Waals surface area contributed by atoms with E-state index in [0.717, 1.165) is 21.2 Å². The van der Waals surface area contributed by atoms with Gasteiger partial charge in [0.25, 0.3) is 5.91 Å². The summed E-state index contributed by atoms with van der Waals surface area (Å²) in [6, 6.07) is 17.4. The molecule has 0 bridgehead atoms. The first-order valence-corrected chi connectivity index (χ1v) is 10.2. The maximum absolute atomic E-state index is 12.6. The molecule has 0 fully saturated rings. The third-order valence-electron chi connectivity index (χ3n) is 4.47. The van der Waals surface area contributed by atoms with Crippen LogP contribution in [0.25, 0.3) is 21.2 Å². The average molecular weight is 450 g/mol. The number of carboxylic acids is 1. The van der Waals surface area contributed by atoms with E-state index >= 15 is 0 Å². The fourth-order valence-corrected chi connectivity index (χ4v) is 4.53. The Morgan fingerprint density at radius 1 is 0.933 bits per heavy atom. The SMILES string of the molecule is O=C(Nc1ccc(-c2csc3ccccc23)cc1C(=O)O)c1ccc(Cl)cc1Cl.[LiH]. The zero-order valence-corrected chi connectivity index (χ0v) is 17.1. The van der Waals surface area contributed by atoms with Gasteiger partial charge in [-0.25, -0.2) is 4.79 Å². The number of hydrogen-bond donors (Lipinski definition) is 2. The number of carboxylic acid groups (broad SMARTS) is 1. The molecule has 2 N–H and O–H groups in total. The van der Waals surface area contributed by atoms with Crippen LogP contribution in [-0.4, -0.2) is 35.8 Å². The van der Waals surface area contributed by atoms with Crippen LogP contribution in [0.1, 0.15) is 20.7 Å². The number of amides is 1. The van der Waals surface area contributed by atoms with Crippen molar-refractivity contribution in [2.24, 2.45) is 0 Å². The van der Waals surface area contributed by atoms with Crippen LogP contribution in [0.15, 0.2) is 66.0 Å². The fourth-order valence-electron chi connectivity index (χ4n) is 3.06. The van der Waals surface area contributed by atoms with Gasteiger partial charge in [0.1, 0.15) is 0 Å². The summed E-state index contributed by atoms with van der Waals surface area (Å²) in [5.41, 5.74) is 2.11. The summed E-state index contributed by atoms with van der Waals surface area (Å²) in [5.74, 6) is -1.65. The number of carbonyl (C=O) groups is 2. The van der Waals surface area contributed by atoms with Gasteiger partial charge in [0, 0.05) is 20.7 Å². The van der Waals surface area contributed by atoms with Crippen molar-refractivity contribution < 1.29 is 14.7 Å². The van der Waals surface area contributed by atoms with Crippen molar-refractivity contribution in [3.05, 3.63) is 87.2 Å².